The highest BCUT2D eigenvalue weighted by Crippen LogP contribution is 2.19. The first kappa shape index (κ1) is 10.8. The van der Waals surface area contributed by atoms with Crippen LogP contribution >= 0.6 is 0 Å². The van der Waals surface area contributed by atoms with Crippen LogP contribution in [0, 0.1) is 6.92 Å². The molecule has 0 heterocycles. The third-order valence-electron chi connectivity index (χ3n) is 2.60. The van der Waals surface area contributed by atoms with Crippen molar-refractivity contribution >= 4 is 5.91 Å². The van der Waals surface area contributed by atoms with Crippen molar-refractivity contribution in [1.29, 1.82) is 0 Å². The second-order valence-corrected chi connectivity index (χ2v) is 3.72. The van der Waals surface area contributed by atoms with Gasteiger partial charge in [0.1, 0.15) is 0 Å². The summed E-state index contributed by atoms with van der Waals surface area (Å²) in [7, 11) is 1.83. The monoisotopic (exact) mass is 191 g/mol. The number of aryl methyl sites for hydroxylation is 1. The fraction of sp³-hybridized carbons (Fsp3) is 0.417. The van der Waals surface area contributed by atoms with Crippen molar-refractivity contribution in [3.63, 3.8) is 0 Å². The Morgan fingerprint density at radius 2 is 2.07 bits per heavy atom. The van der Waals surface area contributed by atoms with E-state index in [0.29, 0.717) is 0 Å². The minimum atomic E-state index is 0.0963. The molecule has 14 heavy (non-hydrogen) atoms. The zero-order chi connectivity index (χ0) is 10.7. The van der Waals surface area contributed by atoms with E-state index in [4.69, 9.17) is 0 Å². The van der Waals surface area contributed by atoms with E-state index in [9.17, 15) is 4.79 Å². The first-order valence-corrected chi connectivity index (χ1v) is 4.82. The standard InChI is InChI=1S/C12H17NO/c1-9-6-5-7-12(8-9)10(2)13(4)11(3)14/h5-8,10H,1-4H3. The van der Waals surface area contributed by atoms with Crippen LogP contribution in [0.4, 0.5) is 0 Å². The summed E-state index contributed by atoms with van der Waals surface area (Å²) in [5, 5.41) is 0. The SMILES string of the molecule is CC(=O)N(C)C(C)c1cccc(C)c1. The van der Waals surface area contributed by atoms with Gasteiger partial charge in [-0.15, -0.1) is 0 Å². The lowest BCUT2D eigenvalue weighted by Gasteiger charge is -2.24. The molecule has 0 aromatic heterocycles. The molecule has 0 fully saturated rings. The van der Waals surface area contributed by atoms with Gasteiger partial charge in [-0.05, 0) is 19.4 Å². The topological polar surface area (TPSA) is 20.3 Å². The van der Waals surface area contributed by atoms with E-state index in [0.717, 1.165) is 0 Å². The third kappa shape index (κ3) is 2.34. The van der Waals surface area contributed by atoms with Crippen molar-refractivity contribution in [2.24, 2.45) is 0 Å². The van der Waals surface area contributed by atoms with Gasteiger partial charge in [-0.1, -0.05) is 29.8 Å². The molecule has 0 aliphatic rings. The van der Waals surface area contributed by atoms with Crippen LogP contribution in [0.25, 0.3) is 0 Å². The molecular formula is C12H17NO. The maximum absolute atomic E-state index is 11.2. The Hall–Kier alpha value is -1.31. The summed E-state index contributed by atoms with van der Waals surface area (Å²) in [5.74, 6) is 0.0963. The Balaban J connectivity index is 2.89. The summed E-state index contributed by atoms with van der Waals surface area (Å²) in [6.45, 7) is 5.69. The number of carbonyl (C=O) groups excluding carboxylic acids is 1. The molecule has 1 amide bonds. The van der Waals surface area contributed by atoms with Crippen LogP contribution in [-0.4, -0.2) is 17.9 Å². The Bertz CT molecular complexity index is 333. The largest absolute Gasteiger partial charge is 0.339 e. The van der Waals surface area contributed by atoms with Gasteiger partial charge in [-0.2, -0.15) is 0 Å². The normalized spacial score (nSPS) is 12.3. The fourth-order valence-corrected chi connectivity index (χ4v) is 1.43. The zero-order valence-electron chi connectivity index (χ0n) is 9.24. The Morgan fingerprint density at radius 1 is 1.43 bits per heavy atom. The van der Waals surface area contributed by atoms with Gasteiger partial charge in [-0.25, -0.2) is 0 Å². The van der Waals surface area contributed by atoms with Gasteiger partial charge in [0.05, 0.1) is 6.04 Å². The molecule has 0 radical (unpaired) electrons. The van der Waals surface area contributed by atoms with Gasteiger partial charge in [-0.3, -0.25) is 4.79 Å². The van der Waals surface area contributed by atoms with Gasteiger partial charge in [0, 0.05) is 14.0 Å². The Morgan fingerprint density at radius 3 is 2.57 bits per heavy atom. The summed E-state index contributed by atoms with van der Waals surface area (Å²) in [6.07, 6.45) is 0. The average molecular weight is 191 g/mol. The predicted octanol–water partition coefficient (Wildman–Crippen LogP) is 2.53. The average Bonchev–Trinajstić information content (AvgIpc) is 2.15. The molecule has 1 atom stereocenters. The second kappa shape index (κ2) is 4.27. The smallest absolute Gasteiger partial charge is 0.219 e. The lowest BCUT2D eigenvalue weighted by molar-refractivity contribution is -0.129. The molecule has 2 nitrogen and oxygen atoms in total. The maximum atomic E-state index is 11.2. The molecule has 1 aromatic carbocycles. The molecule has 1 unspecified atom stereocenters. The van der Waals surface area contributed by atoms with Crippen molar-refractivity contribution in [3.05, 3.63) is 35.4 Å². The van der Waals surface area contributed by atoms with Crippen molar-refractivity contribution in [2.45, 2.75) is 26.8 Å². The minimum absolute atomic E-state index is 0.0963. The van der Waals surface area contributed by atoms with E-state index < -0.39 is 0 Å². The van der Waals surface area contributed by atoms with E-state index in [1.165, 1.54) is 11.1 Å². The molecule has 0 saturated carbocycles. The van der Waals surface area contributed by atoms with Crippen molar-refractivity contribution in [1.82, 2.24) is 4.90 Å². The van der Waals surface area contributed by atoms with Crippen LogP contribution in [0.1, 0.15) is 31.0 Å². The van der Waals surface area contributed by atoms with Gasteiger partial charge in [0.2, 0.25) is 5.91 Å². The molecule has 2 heteroatoms. The van der Waals surface area contributed by atoms with Gasteiger partial charge in [0.15, 0.2) is 0 Å². The van der Waals surface area contributed by atoms with E-state index in [-0.39, 0.29) is 11.9 Å². The summed E-state index contributed by atoms with van der Waals surface area (Å²) < 4.78 is 0. The van der Waals surface area contributed by atoms with Crippen LogP contribution in [-0.2, 0) is 4.79 Å². The van der Waals surface area contributed by atoms with Crippen LogP contribution in [0.15, 0.2) is 24.3 Å². The highest BCUT2D eigenvalue weighted by molar-refractivity contribution is 5.73. The molecular weight excluding hydrogens is 174 g/mol. The minimum Gasteiger partial charge on any atom is -0.339 e. The first-order chi connectivity index (χ1) is 6.52. The number of amides is 1. The van der Waals surface area contributed by atoms with Crippen LogP contribution in [0.3, 0.4) is 0 Å². The summed E-state index contributed by atoms with van der Waals surface area (Å²) in [5.41, 5.74) is 2.41. The molecule has 0 aliphatic carbocycles. The highest BCUT2D eigenvalue weighted by Gasteiger charge is 2.13. The molecule has 0 aliphatic heterocycles. The van der Waals surface area contributed by atoms with E-state index in [2.05, 4.69) is 25.1 Å². The van der Waals surface area contributed by atoms with E-state index >= 15 is 0 Å². The highest BCUT2D eigenvalue weighted by atomic mass is 16.2. The zero-order valence-corrected chi connectivity index (χ0v) is 9.24. The number of hydrogen-bond acceptors (Lipinski definition) is 1. The van der Waals surface area contributed by atoms with Crippen molar-refractivity contribution in [2.75, 3.05) is 7.05 Å². The van der Waals surface area contributed by atoms with Gasteiger partial charge < -0.3 is 4.90 Å². The first-order valence-electron chi connectivity index (χ1n) is 4.82. The number of rotatable bonds is 2. The van der Waals surface area contributed by atoms with Gasteiger partial charge in [0.25, 0.3) is 0 Å². The van der Waals surface area contributed by atoms with Crippen molar-refractivity contribution < 1.29 is 4.79 Å². The number of nitrogens with zero attached hydrogens (tertiary/aromatic N) is 1. The third-order valence-corrected chi connectivity index (χ3v) is 2.60. The molecule has 0 spiro atoms. The van der Waals surface area contributed by atoms with Gasteiger partial charge >= 0.3 is 0 Å². The maximum Gasteiger partial charge on any atom is 0.219 e. The lowest BCUT2D eigenvalue weighted by atomic mass is 10.1. The fourth-order valence-electron chi connectivity index (χ4n) is 1.43. The van der Waals surface area contributed by atoms with E-state index in [1.54, 1.807) is 11.8 Å². The summed E-state index contributed by atoms with van der Waals surface area (Å²) >= 11 is 0. The Kier molecular flexibility index (Phi) is 3.28. The molecule has 1 rings (SSSR count). The van der Waals surface area contributed by atoms with Crippen LogP contribution < -0.4 is 0 Å². The lowest BCUT2D eigenvalue weighted by Crippen LogP contribution is -2.27. The quantitative estimate of drug-likeness (QED) is 0.703. The molecule has 0 bridgehead atoms. The Labute approximate surface area is 85.5 Å². The van der Waals surface area contributed by atoms with Crippen LogP contribution in [0.5, 0.6) is 0 Å². The molecule has 1 aromatic rings. The number of hydrogen-bond donors (Lipinski definition) is 0. The van der Waals surface area contributed by atoms with Crippen molar-refractivity contribution in [3.8, 4) is 0 Å². The predicted molar refractivity (Wildman–Crippen MR) is 58.0 cm³/mol. The molecule has 76 valence electrons. The number of benzene rings is 1. The summed E-state index contributed by atoms with van der Waals surface area (Å²) in [6, 6.07) is 8.40. The summed E-state index contributed by atoms with van der Waals surface area (Å²) in [4.78, 5) is 12.9. The molecule has 0 saturated heterocycles. The number of carbonyl (C=O) groups is 1. The molecule has 0 N–H and O–H groups in total. The second-order valence-electron chi connectivity index (χ2n) is 3.72. The van der Waals surface area contributed by atoms with E-state index in [1.807, 2.05) is 20.0 Å². The van der Waals surface area contributed by atoms with Crippen LogP contribution in [0.2, 0.25) is 0 Å².